The Morgan fingerprint density at radius 2 is 2.12 bits per heavy atom. The van der Waals surface area contributed by atoms with Gasteiger partial charge in [0.1, 0.15) is 5.02 Å². The molecule has 0 bridgehead atoms. The summed E-state index contributed by atoms with van der Waals surface area (Å²) in [5.74, 6) is 1.23. The van der Waals surface area contributed by atoms with Crippen LogP contribution in [0.15, 0.2) is 6.20 Å². The zero-order valence-corrected chi connectivity index (χ0v) is 11.0. The van der Waals surface area contributed by atoms with Crippen molar-refractivity contribution in [3.63, 3.8) is 0 Å². The van der Waals surface area contributed by atoms with Crippen LogP contribution in [0.2, 0.25) is 5.02 Å². The molecule has 0 aliphatic heterocycles. The van der Waals surface area contributed by atoms with Gasteiger partial charge in [0, 0.05) is 19.7 Å². The number of hydrogen-bond donors (Lipinski definition) is 2. The second-order valence-electron chi connectivity index (χ2n) is 3.44. The normalized spacial score (nSPS) is 10.3. The largest absolute Gasteiger partial charge is 0.380 e. The lowest BCUT2D eigenvalue weighted by atomic mass is 10.5. The van der Waals surface area contributed by atoms with Crippen molar-refractivity contribution in [2.75, 3.05) is 36.9 Å². The molecule has 0 atom stereocenters. The lowest BCUT2D eigenvalue weighted by molar-refractivity contribution is 0.158. The van der Waals surface area contributed by atoms with Gasteiger partial charge in [0.25, 0.3) is 0 Å². The molecule has 1 heterocycles. The third-order valence-electron chi connectivity index (χ3n) is 2.02. The highest BCUT2D eigenvalue weighted by Gasteiger charge is 2.04. The Bertz CT molecular complexity index is 335. The Labute approximate surface area is 107 Å². The summed E-state index contributed by atoms with van der Waals surface area (Å²) in [6.07, 6.45) is 2.62. The lowest BCUT2D eigenvalue weighted by Gasteiger charge is -2.09. The maximum Gasteiger partial charge on any atom is 0.224 e. The Morgan fingerprint density at radius 1 is 1.29 bits per heavy atom. The molecule has 17 heavy (non-hydrogen) atoms. The van der Waals surface area contributed by atoms with Crippen LogP contribution >= 0.6 is 11.6 Å². The SMILES string of the molecule is CCCNc1ncc(Cl)c(NCCOCC)n1. The average molecular weight is 259 g/mol. The van der Waals surface area contributed by atoms with Gasteiger partial charge in [-0.2, -0.15) is 4.98 Å². The molecule has 1 rings (SSSR count). The van der Waals surface area contributed by atoms with Gasteiger partial charge in [-0.3, -0.25) is 0 Å². The van der Waals surface area contributed by atoms with Gasteiger partial charge >= 0.3 is 0 Å². The molecule has 0 saturated heterocycles. The molecule has 0 aromatic carbocycles. The van der Waals surface area contributed by atoms with Crippen LogP contribution in [-0.2, 0) is 4.74 Å². The van der Waals surface area contributed by atoms with Crippen LogP contribution in [0.25, 0.3) is 0 Å². The van der Waals surface area contributed by atoms with Gasteiger partial charge in [0.15, 0.2) is 5.82 Å². The van der Waals surface area contributed by atoms with Gasteiger partial charge in [-0.05, 0) is 13.3 Å². The molecule has 2 N–H and O–H groups in total. The van der Waals surface area contributed by atoms with E-state index in [2.05, 4.69) is 27.5 Å². The van der Waals surface area contributed by atoms with E-state index >= 15 is 0 Å². The van der Waals surface area contributed by atoms with E-state index in [0.29, 0.717) is 36.5 Å². The van der Waals surface area contributed by atoms with Crippen LogP contribution in [0.4, 0.5) is 11.8 Å². The standard InChI is InChI=1S/C11H19ClN4O/c1-3-5-14-11-15-8-9(12)10(16-11)13-6-7-17-4-2/h8H,3-7H2,1-2H3,(H2,13,14,15,16). The number of aromatic nitrogens is 2. The maximum absolute atomic E-state index is 5.99. The van der Waals surface area contributed by atoms with E-state index in [-0.39, 0.29) is 0 Å². The predicted molar refractivity (Wildman–Crippen MR) is 70.8 cm³/mol. The summed E-state index contributed by atoms with van der Waals surface area (Å²) in [6.45, 7) is 6.92. The van der Waals surface area contributed by atoms with E-state index in [9.17, 15) is 0 Å². The maximum atomic E-state index is 5.99. The zero-order valence-electron chi connectivity index (χ0n) is 10.3. The molecular formula is C11H19ClN4O. The molecule has 0 aliphatic carbocycles. The molecule has 0 amide bonds. The van der Waals surface area contributed by atoms with Gasteiger partial charge in [-0.25, -0.2) is 4.98 Å². The summed E-state index contributed by atoms with van der Waals surface area (Å²) in [5.41, 5.74) is 0. The van der Waals surface area contributed by atoms with Crippen molar-refractivity contribution >= 4 is 23.4 Å². The number of halogens is 1. The van der Waals surface area contributed by atoms with Gasteiger partial charge in [-0.1, -0.05) is 18.5 Å². The molecule has 0 spiro atoms. The van der Waals surface area contributed by atoms with Crippen LogP contribution < -0.4 is 10.6 Å². The molecule has 5 nitrogen and oxygen atoms in total. The number of hydrogen-bond acceptors (Lipinski definition) is 5. The third kappa shape index (κ3) is 5.19. The highest BCUT2D eigenvalue weighted by molar-refractivity contribution is 6.32. The molecule has 1 aromatic heterocycles. The monoisotopic (exact) mass is 258 g/mol. The van der Waals surface area contributed by atoms with Gasteiger partial charge in [0.2, 0.25) is 5.95 Å². The summed E-state index contributed by atoms with van der Waals surface area (Å²) in [5, 5.41) is 6.75. The van der Waals surface area contributed by atoms with E-state index in [1.165, 1.54) is 0 Å². The molecule has 0 saturated carbocycles. The highest BCUT2D eigenvalue weighted by Crippen LogP contribution is 2.18. The van der Waals surface area contributed by atoms with Crippen molar-refractivity contribution < 1.29 is 4.74 Å². The van der Waals surface area contributed by atoms with Crippen molar-refractivity contribution in [2.45, 2.75) is 20.3 Å². The van der Waals surface area contributed by atoms with Gasteiger partial charge < -0.3 is 15.4 Å². The average Bonchev–Trinajstić information content (AvgIpc) is 2.35. The first kappa shape index (κ1) is 14.0. The topological polar surface area (TPSA) is 59.1 Å². The van der Waals surface area contributed by atoms with Crippen LogP contribution in [0.5, 0.6) is 0 Å². The fraction of sp³-hybridized carbons (Fsp3) is 0.636. The van der Waals surface area contributed by atoms with Gasteiger partial charge in [0.05, 0.1) is 12.8 Å². The fourth-order valence-corrected chi connectivity index (χ4v) is 1.36. The Balaban J connectivity index is 2.50. The minimum atomic E-state index is 0.517. The third-order valence-corrected chi connectivity index (χ3v) is 2.30. The number of rotatable bonds is 8. The molecule has 6 heteroatoms. The first-order chi connectivity index (χ1) is 8.27. The second kappa shape index (κ2) is 8.08. The van der Waals surface area contributed by atoms with E-state index in [1.807, 2.05) is 6.92 Å². The van der Waals surface area contributed by atoms with E-state index in [4.69, 9.17) is 16.3 Å². The summed E-state index contributed by atoms with van der Waals surface area (Å²) >= 11 is 5.99. The number of nitrogens with one attached hydrogen (secondary N) is 2. The molecule has 0 radical (unpaired) electrons. The van der Waals surface area contributed by atoms with Crippen molar-refractivity contribution in [2.24, 2.45) is 0 Å². The van der Waals surface area contributed by atoms with Crippen LogP contribution in [0, 0.1) is 0 Å². The fourth-order valence-electron chi connectivity index (χ4n) is 1.20. The molecule has 0 unspecified atom stereocenters. The Morgan fingerprint density at radius 3 is 2.82 bits per heavy atom. The van der Waals surface area contributed by atoms with Crippen molar-refractivity contribution in [1.82, 2.24) is 9.97 Å². The van der Waals surface area contributed by atoms with Crippen molar-refractivity contribution in [3.05, 3.63) is 11.2 Å². The summed E-state index contributed by atoms with van der Waals surface area (Å²) in [4.78, 5) is 8.38. The van der Waals surface area contributed by atoms with Gasteiger partial charge in [-0.15, -0.1) is 0 Å². The Kier molecular flexibility index (Phi) is 6.65. The molecule has 0 fully saturated rings. The lowest BCUT2D eigenvalue weighted by Crippen LogP contribution is -2.12. The molecule has 0 aliphatic rings. The predicted octanol–water partition coefficient (Wildman–Crippen LogP) is 2.40. The van der Waals surface area contributed by atoms with Crippen molar-refractivity contribution in [3.8, 4) is 0 Å². The smallest absolute Gasteiger partial charge is 0.224 e. The minimum Gasteiger partial charge on any atom is -0.380 e. The Hall–Kier alpha value is -1.07. The van der Waals surface area contributed by atoms with Crippen LogP contribution in [0.1, 0.15) is 20.3 Å². The van der Waals surface area contributed by atoms with Crippen molar-refractivity contribution in [1.29, 1.82) is 0 Å². The van der Waals surface area contributed by atoms with E-state index < -0.39 is 0 Å². The van der Waals surface area contributed by atoms with E-state index in [1.54, 1.807) is 6.20 Å². The second-order valence-corrected chi connectivity index (χ2v) is 3.85. The first-order valence-electron chi connectivity index (χ1n) is 5.86. The van der Waals surface area contributed by atoms with Crippen LogP contribution in [-0.4, -0.2) is 36.3 Å². The molecular weight excluding hydrogens is 240 g/mol. The first-order valence-corrected chi connectivity index (χ1v) is 6.23. The zero-order chi connectivity index (χ0) is 12.5. The molecule has 1 aromatic rings. The summed E-state index contributed by atoms with van der Waals surface area (Å²) in [7, 11) is 0. The minimum absolute atomic E-state index is 0.517. The number of nitrogens with zero attached hydrogens (tertiary/aromatic N) is 2. The number of anilines is 2. The highest BCUT2D eigenvalue weighted by atomic mass is 35.5. The van der Waals surface area contributed by atoms with E-state index in [0.717, 1.165) is 13.0 Å². The quantitative estimate of drug-likeness (QED) is 0.702. The summed E-state index contributed by atoms with van der Waals surface area (Å²) < 4.78 is 5.23. The van der Waals surface area contributed by atoms with Crippen LogP contribution in [0.3, 0.4) is 0 Å². The number of ether oxygens (including phenoxy) is 1. The summed E-state index contributed by atoms with van der Waals surface area (Å²) in [6, 6.07) is 0. The molecule has 96 valence electrons.